The molecule has 0 radical (unpaired) electrons. The van der Waals surface area contributed by atoms with E-state index in [1.54, 1.807) is 7.11 Å². The van der Waals surface area contributed by atoms with Gasteiger partial charge in [-0.25, -0.2) is 0 Å². The molecule has 5 rings (SSSR count). The second-order valence-electron chi connectivity index (χ2n) is 9.36. The fourth-order valence-electron chi connectivity index (χ4n) is 4.32. The minimum atomic E-state index is -0.439. The van der Waals surface area contributed by atoms with Gasteiger partial charge >= 0.3 is 0 Å². The standard InChI is InChI=1S/C29H28N2O2/c1-29(2,3)21-17-24(23-16-10-14-19-11-8-9-15-22(19)23)26(32-4)25(18-21)28-30-27(31-33-28)20-12-6-5-7-13-20/h5-18,28H,1-4H3,(H,30,31). The van der Waals surface area contributed by atoms with E-state index in [2.05, 4.69) is 85.8 Å². The summed E-state index contributed by atoms with van der Waals surface area (Å²) in [5.74, 6) is 1.51. The van der Waals surface area contributed by atoms with Crippen LogP contribution < -0.4 is 10.1 Å². The van der Waals surface area contributed by atoms with Crippen molar-refractivity contribution in [2.24, 2.45) is 5.16 Å². The van der Waals surface area contributed by atoms with Crippen molar-refractivity contribution < 1.29 is 9.57 Å². The van der Waals surface area contributed by atoms with Gasteiger partial charge < -0.3 is 14.9 Å². The maximum atomic E-state index is 6.03. The van der Waals surface area contributed by atoms with E-state index in [9.17, 15) is 0 Å². The third-order valence-corrected chi connectivity index (χ3v) is 6.11. The Bertz CT molecular complexity index is 1330. The predicted molar refractivity (Wildman–Crippen MR) is 135 cm³/mol. The zero-order chi connectivity index (χ0) is 23.0. The van der Waals surface area contributed by atoms with E-state index >= 15 is 0 Å². The number of nitrogens with one attached hydrogen (secondary N) is 1. The average molecular weight is 437 g/mol. The van der Waals surface area contributed by atoms with Gasteiger partial charge in [0.05, 0.1) is 12.7 Å². The molecule has 1 aliphatic rings. The Hall–Kier alpha value is -3.79. The number of rotatable bonds is 4. The molecule has 0 amide bonds. The van der Waals surface area contributed by atoms with Crippen molar-refractivity contribution in [3.63, 3.8) is 0 Å². The van der Waals surface area contributed by atoms with E-state index in [1.165, 1.54) is 16.3 Å². The van der Waals surface area contributed by atoms with Crippen LogP contribution in [0.3, 0.4) is 0 Å². The summed E-state index contributed by atoms with van der Waals surface area (Å²) in [6, 6.07) is 29.3. The Kier molecular flexibility index (Phi) is 5.29. The number of fused-ring (bicyclic) bond motifs is 1. The van der Waals surface area contributed by atoms with Gasteiger partial charge in [-0.15, -0.1) is 0 Å². The normalized spacial score (nSPS) is 15.6. The van der Waals surface area contributed by atoms with Gasteiger partial charge in [-0.05, 0) is 39.4 Å². The van der Waals surface area contributed by atoms with Crippen molar-refractivity contribution in [1.82, 2.24) is 5.32 Å². The molecule has 33 heavy (non-hydrogen) atoms. The van der Waals surface area contributed by atoms with Gasteiger partial charge in [0.1, 0.15) is 5.75 Å². The smallest absolute Gasteiger partial charge is 0.228 e. The summed E-state index contributed by atoms with van der Waals surface area (Å²) in [6.07, 6.45) is -0.439. The summed E-state index contributed by atoms with van der Waals surface area (Å²) < 4.78 is 6.03. The Morgan fingerprint density at radius 3 is 2.33 bits per heavy atom. The molecule has 0 saturated heterocycles. The van der Waals surface area contributed by atoms with Crippen molar-refractivity contribution in [2.45, 2.75) is 32.4 Å². The van der Waals surface area contributed by atoms with Crippen molar-refractivity contribution in [1.29, 1.82) is 0 Å². The van der Waals surface area contributed by atoms with Crippen LogP contribution in [0, 0.1) is 0 Å². The van der Waals surface area contributed by atoms with Crippen LogP contribution in [0.5, 0.6) is 5.75 Å². The van der Waals surface area contributed by atoms with Crippen LogP contribution >= 0.6 is 0 Å². The minimum absolute atomic E-state index is 0.0535. The molecular weight excluding hydrogens is 408 g/mol. The lowest BCUT2D eigenvalue weighted by Gasteiger charge is -2.25. The highest BCUT2D eigenvalue weighted by Crippen LogP contribution is 2.43. The number of hydrogen-bond donors (Lipinski definition) is 1. The van der Waals surface area contributed by atoms with E-state index < -0.39 is 6.23 Å². The molecule has 4 aromatic rings. The summed E-state index contributed by atoms with van der Waals surface area (Å²) in [6.45, 7) is 6.67. The molecule has 1 heterocycles. The first-order chi connectivity index (χ1) is 16.0. The molecule has 1 unspecified atom stereocenters. The van der Waals surface area contributed by atoms with Crippen LogP contribution in [-0.2, 0) is 10.3 Å². The SMILES string of the molecule is COc1c(-c2cccc3ccccc23)cc(C(C)(C)C)cc1C1NC(c2ccccc2)=NO1. The number of methoxy groups -OCH3 is 1. The van der Waals surface area contributed by atoms with Gasteiger partial charge in [0.15, 0.2) is 5.84 Å². The van der Waals surface area contributed by atoms with Crippen LogP contribution in [0.25, 0.3) is 21.9 Å². The average Bonchev–Trinajstić information content (AvgIpc) is 3.33. The molecule has 1 N–H and O–H groups in total. The molecule has 0 fully saturated rings. The summed E-state index contributed by atoms with van der Waals surface area (Å²) in [5, 5.41) is 10.2. The number of nitrogens with zero attached hydrogens (tertiary/aromatic N) is 1. The third-order valence-electron chi connectivity index (χ3n) is 6.11. The molecule has 0 aliphatic carbocycles. The van der Waals surface area contributed by atoms with Gasteiger partial charge in [-0.3, -0.25) is 0 Å². The molecule has 1 aliphatic heterocycles. The lowest BCUT2D eigenvalue weighted by Crippen LogP contribution is -2.24. The van der Waals surface area contributed by atoms with Crippen LogP contribution in [0.4, 0.5) is 0 Å². The van der Waals surface area contributed by atoms with Crippen molar-refractivity contribution >= 4 is 16.6 Å². The van der Waals surface area contributed by atoms with Gasteiger partial charge in [0.2, 0.25) is 6.23 Å². The molecule has 4 aromatic carbocycles. The molecule has 0 bridgehead atoms. The number of benzene rings is 4. The van der Waals surface area contributed by atoms with Crippen molar-refractivity contribution in [3.8, 4) is 16.9 Å². The Labute approximate surface area is 194 Å². The Morgan fingerprint density at radius 1 is 0.848 bits per heavy atom. The van der Waals surface area contributed by atoms with Gasteiger partial charge in [-0.1, -0.05) is 98.7 Å². The molecule has 0 spiro atoms. The number of amidine groups is 1. The van der Waals surface area contributed by atoms with Crippen molar-refractivity contribution in [2.75, 3.05) is 7.11 Å². The first kappa shape index (κ1) is 21.1. The van der Waals surface area contributed by atoms with E-state index in [-0.39, 0.29) is 5.41 Å². The minimum Gasteiger partial charge on any atom is -0.496 e. The van der Waals surface area contributed by atoms with Crippen LogP contribution in [-0.4, -0.2) is 12.9 Å². The monoisotopic (exact) mass is 436 g/mol. The highest BCUT2D eigenvalue weighted by Gasteiger charge is 2.30. The lowest BCUT2D eigenvalue weighted by atomic mass is 9.83. The lowest BCUT2D eigenvalue weighted by molar-refractivity contribution is 0.0709. The summed E-state index contributed by atoms with van der Waals surface area (Å²) in [4.78, 5) is 5.89. The fraction of sp³-hybridized carbons (Fsp3) is 0.207. The first-order valence-corrected chi connectivity index (χ1v) is 11.2. The number of oxime groups is 1. The van der Waals surface area contributed by atoms with E-state index in [0.717, 1.165) is 33.8 Å². The molecule has 4 heteroatoms. The molecular formula is C29H28N2O2. The molecule has 4 nitrogen and oxygen atoms in total. The quantitative estimate of drug-likeness (QED) is 0.383. The summed E-state index contributed by atoms with van der Waals surface area (Å²) in [7, 11) is 1.72. The zero-order valence-corrected chi connectivity index (χ0v) is 19.4. The first-order valence-electron chi connectivity index (χ1n) is 11.2. The second-order valence-corrected chi connectivity index (χ2v) is 9.36. The van der Waals surface area contributed by atoms with Crippen molar-refractivity contribution in [3.05, 3.63) is 102 Å². The molecule has 166 valence electrons. The molecule has 0 saturated carbocycles. The second kappa shape index (κ2) is 8.28. The van der Waals surface area contributed by atoms with E-state index in [4.69, 9.17) is 9.57 Å². The van der Waals surface area contributed by atoms with Gasteiger partial charge in [-0.2, -0.15) is 0 Å². The topological polar surface area (TPSA) is 42.8 Å². The zero-order valence-electron chi connectivity index (χ0n) is 19.4. The fourth-order valence-corrected chi connectivity index (χ4v) is 4.32. The van der Waals surface area contributed by atoms with E-state index in [1.807, 2.05) is 30.3 Å². The Balaban J connectivity index is 1.66. The Morgan fingerprint density at radius 2 is 1.58 bits per heavy atom. The largest absolute Gasteiger partial charge is 0.496 e. The number of ether oxygens (including phenoxy) is 1. The molecule has 1 atom stereocenters. The third kappa shape index (κ3) is 3.93. The predicted octanol–water partition coefficient (Wildman–Crippen LogP) is 6.79. The maximum absolute atomic E-state index is 6.03. The van der Waals surface area contributed by atoms with Crippen LogP contribution in [0.15, 0.2) is 90.1 Å². The van der Waals surface area contributed by atoms with Crippen LogP contribution in [0.1, 0.15) is 43.7 Å². The highest BCUT2D eigenvalue weighted by atomic mass is 16.7. The highest BCUT2D eigenvalue weighted by molar-refractivity contribution is 6.00. The maximum Gasteiger partial charge on any atom is 0.228 e. The molecule has 0 aromatic heterocycles. The number of hydrogen-bond acceptors (Lipinski definition) is 4. The summed E-state index contributed by atoms with van der Waals surface area (Å²) in [5.41, 5.74) is 5.26. The summed E-state index contributed by atoms with van der Waals surface area (Å²) >= 11 is 0. The van der Waals surface area contributed by atoms with E-state index in [0.29, 0.717) is 0 Å². The van der Waals surface area contributed by atoms with Crippen LogP contribution in [0.2, 0.25) is 0 Å². The van der Waals surface area contributed by atoms with Gasteiger partial charge in [0, 0.05) is 11.1 Å². The van der Waals surface area contributed by atoms with Gasteiger partial charge in [0.25, 0.3) is 0 Å².